The van der Waals surface area contributed by atoms with Crippen molar-refractivity contribution in [2.75, 3.05) is 13.1 Å². The largest absolute Gasteiger partial charge is 0.386 e. The van der Waals surface area contributed by atoms with Gasteiger partial charge in [0.05, 0.1) is 24.2 Å². The Morgan fingerprint density at radius 3 is 3.06 bits per heavy atom. The Kier molecular flexibility index (Phi) is 2.54. The number of nitriles is 1. The van der Waals surface area contributed by atoms with Crippen LogP contribution in [0.3, 0.4) is 0 Å². The SMILES string of the molecule is N#CCC1(O)CN(Cc2cnn3ccccc23)C1. The lowest BCUT2D eigenvalue weighted by Gasteiger charge is -2.45. The summed E-state index contributed by atoms with van der Waals surface area (Å²) >= 11 is 0. The molecule has 2 aromatic rings. The third-order valence-electron chi connectivity index (χ3n) is 3.34. The van der Waals surface area contributed by atoms with E-state index in [0.717, 1.165) is 17.6 Å². The molecule has 0 bridgehead atoms. The van der Waals surface area contributed by atoms with Gasteiger partial charge in [-0.2, -0.15) is 10.4 Å². The van der Waals surface area contributed by atoms with Crippen LogP contribution in [-0.4, -0.2) is 38.3 Å². The van der Waals surface area contributed by atoms with Crippen LogP contribution in [0.4, 0.5) is 0 Å². The summed E-state index contributed by atoms with van der Waals surface area (Å²) in [5.41, 5.74) is 1.43. The van der Waals surface area contributed by atoms with Crippen LogP contribution in [-0.2, 0) is 6.54 Å². The Morgan fingerprint density at radius 1 is 1.44 bits per heavy atom. The van der Waals surface area contributed by atoms with Gasteiger partial charge < -0.3 is 5.11 Å². The molecule has 92 valence electrons. The van der Waals surface area contributed by atoms with Crippen LogP contribution >= 0.6 is 0 Å². The van der Waals surface area contributed by atoms with Gasteiger partial charge in [-0.1, -0.05) is 6.07 Å². The van der Waals surface area contributed by atoms with Gasteiger partial charge in [-0.05, 0) is 12.1 Å². The number of rotatable bonds is 3. The number of fused-ring (bicyclic) bond motifs is 1. The fraction of sp³-hybridized carbons (Fsp3) is 0.385. The number of nitrogens with zero attached hydrogens (tertiary/aromatic N) is 4. The second kappa shape index (κ2) is 4.09. The van der Waals surface area contributed by atoms with Crippen LogP contribution in [0.5, 0.6) is 0 Å². The highest BCUT2D eigenvalue weighted by Crippen LogP contribution is 2.26. The van der Waals surface area contributed by atoms with Crippen molar-refractivity contribution in [1.82, 2.24) is 14.5 Å². The maximum atomic E-state index is 9.94. The topological polar surface area (TPSA) is 64.6 Å². The summed E-state index contributed by atoms with van der Waals surface area (Å²) in [5.74, 6) is 0. The molecule has 18 heavy (non-hydrogen) atoms. The maximum absolute atomic E-state index is 9.94. The molecule has 0 atom stereocenters. The van der Waals surface area contributed by atoms with E-state index in [2.05, 4.69) is 10.00 Å². The molecule has 1 saturated heterocycles. The summed E-state index contributed by atoms with van der Waals surface area (Å²) in [5, 5.41) is 22.8. The summed E-state index contributed by atoms with van der Waals surface area (Å²) in [6.07, 6.45) is 3.98. The van der Waals surface area contributed by atoms with E-state index in [-0.39, 0.29) is 6.42 Å². The number of hydrogen-bond donors (Lipinski definition) is 1. The van der Waals surface area contributed by atoms with Gasteiger partial charge in [0.25, 0.3) is 0 Å². The van der Waals surface area contributed by atoms with Crippen LogP contribution in [0.1, 0.15) is 12.0 Å². The molecule has 5 heteroatoms. The number of β-amino-alcohol motifs (C(OH)–C–C–N with tert-alkyl or cyclic N) is 1. The minimum atomic E-state index is -0.808. The van der Waals surface area contributed by atoms with Crippen molar-refractivity contribution in [3.05, 3.63) is 36.2 Å². The van der Waals surface area contributed by atoms with Gasteiger partial charge in [0.1, 0.15) is 5.60 Å². The molecule has 0 amide bonds. The second-order valence-corrected chi connectivity index (χ2v) is 4.90. The lowest BCUT2D eigenvalue weighted by atomic mass is 9.91. The smallest absolute Gasteiger partial charge is 0.103 e. The normalized spacial score (nSPS) is 18.4. The molecular weight excluding hydrogens is 228 g/mol. The zero-order valence-electron chi connectivity index (χ0n) is 9.95. The highest BCUT2D eigenvalue weighted by molar-refractivity contribution is 5.53. The number of hydrogen-bond acceptors (Lipinski definition) is 4. The van der Waals surface area contributed by atoms with E-state index in [1.54, 1.807) is 0 Å². The van der Waals surface area contributed by atoms with Crippen molar-refractivity contribution in [2.24, 2.45) is 0 Å². The average Bonchev–Trinajstić information content (AvgIpc) is 2.71. The first-order chi connectivity index (χ1) is 8.70. The predicted molar refractivity (Wildman–Crippen MR) is 65.6 cm³/mol. The van der Waals surface area contributed by atoms with Crippen molar-refractivity contribution in [3.8, 4) is 6.07 Å². The van der Waals surface area contributed by atoms with E-state index < -0.39 is 5.60 Å². The van der Waals surface area contributed by atoms with Crippen molar-refractivity contribution >= 4 is 5.52 Å². The molecule has 0 saturated carbocycles. The highest BCUT2D eigenvalue weighted by Gasteiger charge is 2.40. The zero-order valence-corrected chi connectivity index (χ0v) is 9.95. The van der Waals surface area contributed by atoms with Crippen LogP contribution in [0.15, 0.2) is 30.6 Å². The zero-order chi connectivity index (χ0) is 12.6. The molecule has 3 heterocycles. The Bertz CT molecular complexity index is 607. The number of aliphatic hydroxyl groups is 1. The first-order valence-corrected chi connectivity index (χ1v) is 5.93. The molecule has 1 fully saturated rings. The van der Waals surface area contributed by atoms with Gasteiger partial charge in [-0.25, -0.2) is 4.52 Å². The molecule has 0 spiro atoms. The quantitative estimate of drug-likeness (QED) is 0.864. The molecule has 1 aliphatic rings. The summed E-state index contributed by atoms with van der Waals surface area (Å²) < 4.78 is 1.84. The van der Waals surface area contributed by atoms with Gasteiger partial charge in [0, 0.05) is 31.4 Å². The fourth-order valence-electron chi connectivity index (χ4n) is 2.51. The summed E-state index contributed by atoms with van der Waals surface area (Å²) in [7, 11) is 0. The van der Waals surface area contributed by atoms with Gasteiger partial charge in [-0.3, -0.25) is 4.90 Å². The Hall–Kier alpha value is -1.90. The second-order valence-electron chi connectivity index (χ2n) is 4.90. The number of aromatic nitrogens is 2. The van der Waals surface area contributed by atoms with E-state index in [0.29, 0.717) is 13.1 Å². The fourth-order valence-corrected chi connectivity index (χ4v) is 2.51. The van der Waals surface area contributed by atoms with Crippen LogP contribution in [0, 0.1) is 11.3 Å². The van der Waals surface area contributed by atoms with E-state index in [1.165, 1.54) is 0 Å². The molecular formula is C13H14N4O. The minimum Gasteiger partial charge on any atom is -0.386 e. The summed E-state index contributed by atoms with van der Waals surface area (Å²) in [4.78, 5) is 2.13. The molecule has 1 aliphatic heterocycles. The monoisotopic (exact) mass is 242 g/mol. The molecule has 5 nitrogen and oxygen atoms in total. The van der Waals surface area contributed by atoms with Gasteiger partial charge in [-0.15, -0.1) is 0 Å². The molecule has 2 aromatic heterocycles. The lowest BCUT2D eigenvalue weighted by Crippen LogP contribution is -2.60. The first kappa shape index (κ1) is 11.2. The van der Waals surface area contributed by atoms with Crippen LogP contribution < -0.4 is 0 Å². The van der Waals surface area contributed by atoms with E-state index in [1.807, 2.05) is 41.2 Å². The number of likely N-dealkylation sites (tertiary alicyclic amines) is 1. The van der Waals surface area contributed by atoms with Crippen LogP contribution in [0.2, 0.25) is 0 Å². The van der Waals surface area contributed by atoms with Crippen molar-refractivity contribution in [1.29, 1.82) is 5.26 Å². The van der Waals surface area contributed by atoms with Gasteiger partial charge in [0.15, 0.2) is 0 Å². The summed E-state index contributed by atoms with van der Waals surface area (Å²) in [6, 6.07) is 7.99. The molecule has 1 N–H and O–H groups in total. The standard InChI is InChI=1S/C13H14N4O/c14-5-4-13(18)9-16(10-13)8-11-7-15-17-6-2-1-3-12(11)17/h1-3,6-7,18H,4,8-10H2. The minimum absolute atomic E-state index is 0.207. The van der Waals surface area contributed by atoms with Gasteiger partial charge >= 0.3 is 0 Å². The lowest BCUT2D eigenvalue weighted by molar-refractivity contribution is -0.0973. The predicted octanol–water partition coefficient (Wildman–Crippen LogP) is 0.795. The average molecular weight is 242 g/mol. The Balaban J connectivity index is 1.70. The van der Waals surface area contributed by atoms with E-state index in [4.69, 9.17) is 5.26 Å². The van der Waals surface area contributed by atoms with Gasteiger partial charge in [0.2, 0.25) is 0 Å². The molecule has 0 aromatic carbocycles. The Morgan fingerprint density at radius 2 is 2.28 bits per heavy atom. The Labute approximate surface area is 105 Å². The van der Waals surface area contributed by atoms with Crippen molar-refractivity contribution < 1.29 is 5.11 Å². The molecule has 0 aliphatic carbocycles. The van der Waals surface area contributed by atoms with Crippen LogP contribution in [0.25, 0.3) is 5.52 Å². The molecule has 0 radical (unpaired) electrons. The van der Waals surface area contributed by atoms with E-state index >= 15 is 0 Å². The van der Waals surface area contributed by atoms with Crippen molar-refractivity contribution in [3.63, 3.8) is 0 Å². The summed E-state index contributed by atoms with van der Waals surface area (Å²) in [6.45, 7) is 1.89. The first-order valence-electron chi connectivity index (χ1n) is 5.93. The third-order valence-corrected chi connectivity index (χ3v) is 3.34. The number of pyridine rings is 1. The molecule has 0 unspecified atom stereocenters. The maximum Gasteiger partial charge on any atom is 0.103 e. The highest BCUT2D eigenvalue weighted by atomic mass is 16.3. The van der Waals surface area contributed by atoms with E-state index in [9.17, 15) is 5.11 Å². The third kappa shape index (κ3) is 1.86. The van der Waals surface area contributed by atoms with Crippen molar-refractivity contribution in [2.45, 2.75) is 18.6 Å². The molecule has 3 rings (SSSR count).